The van der Waals surface area contributed by atoms with E-state index in [0.29, 0.717) is 5.69 Å². The molecule has 0 unspecified atom stereocenters. The zero-order valence-electron chi connectivity index (χ0n) is 5.94. The fraction of sp³-hybridized carbons (Fsp3) is 0.286. The van der Waals surface area contributed by atoms with Gasteiger partial charge in [-0.05, 0) is 12.1 Å². The summed E-state index contributed by atoms with van der Waals surface area (Å²) in [7, 11) is 0. The Balaban J connectivity index is 2.93. The summed E-state index contributed by atoms with van der Waals surface area (Å²) in [6, 6.07) is 2.48. The molecule has 0 fully saturated rings. The Bertz CT molecular complexity index is 240. The van der Waals surface area contributed by atoms with Crippen molar-refractivity contribution in [3.8, 4) is 5.75 Å². The SMILES string of the molecule is N[C@H](CO)c1ncccc1O. The molecule has 4 nitrogen and oxygen atoms in total. The summed E-state index contributed by atoms with van der Waals surface area (Å²) in [5.74, 6) is 0.0223. The lowest BCUT2D eigenvalue weighted by atomic mass is 10.2. The number of aromatic nitrogens is 1. The molecule has 1 atom stereocenters. The van der Waals surface area contributed by atoms with E-state index in [1.165, 1.54) is 12.3 Å². The average molecular weight is 154 g/mol. The number of hydrogen-bond acceptors (Lipinski definition) is 4. The molecule has 0 aliphatic carbocycles. The van der Waals surface area contributed by atoms with E-state index in [4.69, 9.17) is 15.9 Å². The number of aromatic hydroxyl groups is 1. The molecule has 0 aliphatic heterocycles. The lowest BCUT2D eigenvalue weighted by Gasteiger charge is -2.07. The third-order valence-electron chi connectivity index (χ3n) is 1.36. The highest BCUT2D eigenvalue weighted by molar-refractivity contribution is 5.27. The van der Waals surface area contributed by atoms with E-state index in [9.17, 15) is 0 Å². The van der Waals surface area contributed by atoms with Gasteiger partial charge in [-0.2, -0.15) is 0 Å². The molecule has 1 aromatic heterocycles. The highest BCUT2D eigenvalue weighted by Gasteiger charge is 2.09. The second-order valence-electron chi connectivity index (χ2n) is 2.20. The number of nitrogens with two attached hydrogens (primary N) is 1. The van der Waals surface area contributed by atoms with Crippen LogP contribution in [-0.2, 0) is 0 Å². The molecule has 60 valence electrons. The normalized spacial score (nSPS) is 12.9. The standard InChI is InChI=1S/C7H10N2O2/c8-5(4-10)7-6(11)2-1-3-9-7/h1-3,5,10-11H,4,8H2/t5-/m1/s1. The van der Waals surface area contributed by atoms with Gasteiger partial charge in [-0.3, -0.25) is 4.98 Å². The molecule has 0 amide bonds. The number of aliphatic hydroxyl groups excluding tert-OH is 1. The van der Waals surface area contributed by atoms with Crippen LogP contribution >= 0.6 is 0 Å². The minimum atomic E-state index is -0.601. The Hall–Kier alpha value is -1.13. The first kappa shape index (κ1) is 7.97. The molecule has 0 saturated carbocycles. The third kappa shape index (κ3) is 1.66. The molecule has 4 heteroatoms. The van der Waals surface area contributed by atoms with E-state index in [2.05, 4.69) is 4.98 Å². The lowest BCUT2D eigenvalue weighted by molar-refractivity contribution is 0.262. The maximum Gasteiger partial charge on any atom is 0.138 e. The van der Waals surface area contributed by atoms with Gasteiger partial charge in [-0.1, -0.05) is 0 Å². The van der Waals surface area contributed by atoms with Crippen molar-refractivity contribution in [2.24, 2.45) is 5.73 Å². The maximum atomic E-state index is 9.16. The van der Waals surface area contributed by atoms with Crippen molar-refractivity contribution in [1.82, 2.24) is 4.98 Å². The van der Waals surface area contributed by atoms with Gasteiger partial charge in [0, 0.05) is 6.20 Å². The van der Waals surface area contributed by atoms with E-state index in [1.807, 2.05) is 0 Å². The van der Waals surface area contributed by atoms with Gasteiger partial charge in [0.05, 0.1) is 12.6 Å². The van der Waals surface area contributed by atoms with Crippen molar-refractivity contribution in [3.05, 3.63) is 24.0 Å². The first-order valence-electron chi connectivity index (χ1n) is 3.26. The highest BCUT2D eigenvalue weighted by Crippen LogP contribution is 2.17. The molecule has 1 heterocycles. The van der Waals surface area contributed by atoms with Crippen LogP contribution in [0.4, 0.5) is 0 Å². The zero-order chi connectivity index (χ0) is 8.27. The summed E-state index contributed by atoms with van der Waals surface area (Å²) >= 11 is 0. The van der Waals surface area contributed by atoms with Gasteiger partial charge in [0.1, 0.15) is 11.4 Å². The largest absolute Gasteiger partial charge is 0.506 e. The molecule has 0 aliphatic rings. The summed E-state index contributed by atoms with van der Waals surface area (Å²) < 4.78 is 0. The number of pyridine rings is 1. The average Bonchev–Trinajstić information content (AvgIpc) is 2.04. The molecule has 0 aromatic carbocycles. The Morgan fingerprint density at radius 2 is 2.36 bits per heavy atom. The summed E-state index contributed by atoms with van der Waals surface area (Å²) in [5.41, 5.74) is 5.75. The lowest BCUT2D eigenvalue weighted by Crippen LogP contribution is -2.15. The predicted octanol–water partition coefficient (Wildman–Crippen LogP) is -0.221. The Kier molecular flexibility index (Phi) is 2.40. The molecular weight excluding hydrogens is 144 g/mol. The van der Waals surface area contributed by atoms with Crippen molar-refractivity contribution in [3.63, 3.8) is 0 Å². The second kappa shape index (κ2) is 3.32. The molecule has 4 N–H and O–H groups in total. The first-order chi connectivity index (χ1) is 5.25. The van der Waals surface area contributed by atoms with Gasteiger partial charge in [-0.25, -0.2) is 0 Å². The van der Waals surface area contributed by atoms with Crippen LogP contribution < -0.4 is 5.73 Å². The van der Waals surface area contributed by atoms with Crippen molar-refractivity contribution < 1.29 is 10.2 Å². The fourth-order valence-corrected chi connectivity index (χ4v) is 0.781. The van der Waals surface area contributed by atoms with Gasteiger partial charge in [0.25, 0.3) is 0 Å². The molecule has 0 radical (unpaired) electrons. The topological polar surface area (TPSA) is 79.4 Å². The molecule has 1 rings (SSSR count). The van der Waals surface area contributed by atoms with Crippen molar-refractivity contribution in [1.29, 1.82) is 0 Å². The monoisotopic (exact) mass is 154 g/mol. The fourth-order valence-electron chi connectivity index (χ4n) is 0.781. The summed E-state index contributed by atoms with van der Waals surface area (Å²) in [6.07, 6.45) is 1.52. The van der Waals surface area contributed by atoms with Crippen LogP contribution in [0, 0.1) is 0 Å². The predicted molar refractivity (Wildman–Crippen MR) is 39.9 cm³/mol. The van der Waals surface area contributed by atoms with Gasteiger partial charge in [0.2, 0.25) is 0 Å². The van der Waals surface area contributed by atoms with Crippen LogP contribution in [0.5, 0.6) is 5.75 Å². The quantitative estimate of drug-likeness (QED) is 0.550. The molecule has 11 heavy (non-hydrogen) atoms. The number of nitrogens with zero attached hydrogens (tertiary/aromatic N) is 1. The minimum absolute atomic E-state index is 0.0223. The van der Waals surface area contributed by atoms with Crippen molar-refractivity contribution in [2.45, 2.75) is 6.04 Å². The summed E-state index contributed by atoms with van der Waals surface area (Å²) in [4.78, 5) is 3.81. The molecule has 0 saturated heterocycles. The van der Waals surface area contributed by atoms with Crippen LogP contribution in [-0.4, -0.2) is 21.8 Å². The van der Waals surface area contributed by atoms with Gasteiger partial charge in [-0.15, -0.1) is 0 Å². The van der Waals surface area contributed by atoms with Crippen molar-refractivity contribution >= 4 is 0 Å². The smallest absolute Gasteiger partial charge is 0.138 e. The van der Waals surface area contributed by atoms with E-state index in [0.717, 1.165) is 0 Å². The van der Waals surface area contributed by atoms with Crippen LogP contribution in [0.2, 0.25) is 0 Å². The van der Waals surface area contributed by atoms with Gasteiger partial charge in [0.15, 0.2) is 0 Å². The van der Waals surface area contributed by atoms with Gasteiger partial charge < -0.3 is 15.9 Å². The second-order valence-corrected chi connectivity index (χ2v) is 2.20. The summed E-state index contributed by atoms with van der Waals surface area (Å²) in [5, 5.41) is 17.8. The maximum absolute atomic E-state index is 9.16. The van der Waals surface area contributed by atoms with Crippen LogP contribution in [0.25, 0.3) is 0 Å². The van der Waals surface area contributed by atoms with E-state index >= 15 is 0 Å². The highest BCUT2D eigenvalue weighted by atomic mass is 16.3. The van der Waals surface area contributed by atoms with E-state index in [-0.39, 0.29) is 12.4 Å². The molecule has 0 spiro atoms. The Morgan fingerprint density at radius 3 is 2.91 bits per heavy atom. The first-order valence-corrected chi connectivity index (χ1v) is 3.26. The van der Waals surface area contributed by atoms with E-state index < -0.39 is 6.04 Å². The van der Waals surface area contributed by atoms with Gasteiger partial charge >= 0.3 is 0 Å². The molecule has 0 bridgehead atoms. The molecule has 1 aromatic rings. The minimum Gasteiger partial charge on any atom is -0.506 e. The summed E-state index contributed by atoms with van der Waals surface area (Å²) in [6.45, 7) is -0.218. The Labute approximate surface area is 64.3 Å². The van der Waals surface area contributed by atoms with Crippen molar-refractivity contribution in [2.75, 3.05) is 6.61 Å². The Morgan fingerprint density at radius 1 is 1.64 bits per heavy atom. The molecular formula is C7H10N2O2. The number of rotatable bonds is 2. The number of aliphatic hydroxyl groups is 1. The van der Waals surface area contributed by atoms with Crippen LogP contribution in [0.1, 0.15) is 11.7 Å². The number of hydrogen-bond donors (Lipinski definition) is 3. The van der Waals surface area contributed by atoms with E-state index in [1.54, 1.807) is 6.07 Å². The third-order valence-corrected chi connectivity index (χ3v) is 1.36. The van der Waals surface area contributed by atoms with Crippen LogP contribution in [0.3, 0.4) is 0 Å². The van der Waals surface area contributed by atoms with Crippen LogP contribution in [0.15, 0.2) is 18.3 Å². The zero-order valence-corrected chi connectivity index (χ0v) is 5.94.